The minimum absolute atomic E-state index is 0.140. The highest BCUT2D eigenvalue weighted by Gasteiger charge is 2.43. The van der Waals surface area contributed by atoms with Gasteiger partial charge in [0.25, 0.3) is 0 Å². The monoisotopic (exact) mass is 434 g/mol. The number of sulfonamides is 1. The molecule has 1 saturated heterocycles. The summed E-state index contributed by atoms with van der Waals surface area (Å²) in [7, 11) is -3.40. The number of nitrogens with one attached hydrogen (secondary N) is 1. The lowest BCUT2D eigenvalue weighted by atomic mass is 10.1. The number of piperidine rings is 1. The highest BCUT2D eigenvalue weighted by Crippen LogP contribution is 2.33. The van der Waals surface area contributed by atoms with Crippen LogP contribution < -0.4 is 5.32 Å². The molecule has 8 nitrogen and oxygen atoms in total. The zero-order chi connectivity index (χ0) is 20.9. The molecule has 158 valence electrons. The first-order valence-corrected chi connectivity index (χ1v) is 11.3. The van der Waals surface area contributed by atoms with E-state index in [0.717, 1.165) is 0 Å². The van der Waals surface area contributed by atoms with Crippen molar-refractivity contribution in [2.75, 3.05) is 18.4 Å². The molecule has 0 spiro atoms. The molecule has 11 heteroatoms. The van der Waals surface area contributed by atoms with Crippen molar-refractivity contribution in [1.82, 2.24) is 23.9 Å². The van der Waals surface area contributed by atoms with Gasteiger partial charge in [-0.2, -0.15) is 4.31 Å². The molecule has 30 heavy (non-hydrogen) atoms. The average Bonchev–Trinajstić information content (AvgIpc) is 3.55. The molecule has 1 aliphatic heterocycles. The lowest BCUT2D eigenvalue weighted by Gasteiger charge is -2.34. The van der Waals surface area contributed by atoms with Crippen LogP contribution in [0.2, 0.25) is 0 Å². The van der Waals surface area contributed by atoms with Gasteiger partial charge in [-0.1, -0.05) is 6.07 Å². The summed E-state index contributed by atoms with van der Waals surface area (Å²) in [5.74, 6) is -0.342. The summed E-state index contributed by atoms with van der Waals surface area (Å²) >= 11 is 0. The van der Waals surface area contributed by atoms with Crippen LogP contribution in [-0.2, 0) is 10.0 Å². The Labute approximate surface area is 172 Å². The third kappa shape index (κ3) is 3.41. The van der Waals surface area contributed by atoms with Crippen LogP contribution in [-0.4, -0.2) is 62.9 Å². The Bertz CT molecular complexity index is 1180. The highest BCUT2D eigenvalue weighted by molar-refractivity contribution is 7.90. The van der Waals surface area contributed by atoms with Crippen LogP contribution in [0.5, 0.6) is 0 Å². The van der Waals surface area contributed by atoms with Gasteiger partial charge in [0.15, 0.2) is 5.82 Å². The van der Waals surface area contributed by atoms with Crippen molar-refractivity contribution in [1.29, 1.82) is 0 Å². The summed E-state index contributed by atoms with van der Waals surface area (Å²) in [6.45, 7) is 0.0621. The van der Waals surface area contributed by atoms with Crippen molar-refractivity contribution >= 4 is 21.5 Å². The van der Waals surface area contributed by atoms with Crippen LogP contribution in [0.4, 0.5) is 14.7 Å². The van der Waals surface area contributed by atoms with E-state index in [-0.39, 0.29) is 29.8 Å². The standard InChI is InChI=1S/C19H20F2N6O2S/c20-13-9-17(16-3-1-2-7-22-16)27-18(13)10-23-19(25-27)24-15-6-8-26(11-14(15)21)30(28,29)12-4-5-12/h1-3,7,9-10,12,14-15H,4-6,8,11H2,(H,24,25)/t14-,15-/m1/s1. The van der Waals surface area contributed by atoms with Crippen LogP contribution in [0.15, 0.2) is 36.7 Å². The Balaban J connectivity index is 1.37. The third-order valence-electron chi connectivity index (χ3n) is 5.52. The summed E-state index contributed by atoms with van der Waals surface area (Å²) in [6, 6.07) is 5.98. The van der Waals surface area contributed by atoms with Gasteiger partial charge in [0.1, 0.15) is 11.7 Å². The van der Waals surface area contributed by atoms with E-state index in [4.69, 9.17) is 0 Å². The first-order valence-electron chi connectivity index (χ1n) is 9.79. The number of hydrogen-bond acceptors (Lipinski definition) is 6. The highest BCUT2D eigenvalue weighted by atomic mass is 32.2. The molecule has 5 rings (SSSR count). The van der Waals surface area contributed by atoms with Gasteiger partial charge >= 0.3 is 0 Å². The molecule has 0 radical (unpaired) electrons. The minimum Gasteiger partial charge on any atom is -0.347 e. The summed E-state index contributed by atoms with van der Waals surface area (Å²) in [6.07, 6.45) is 3.13. The van der Waals surface area contributed by atoms with Crippen LogP contribution in [0, 0.1) is 5.82 Å². The molecule has 0 bridgehead atoms. The predicted molar refractivity (Wildman–Crippen MR) is 107 cm³/mol. The zero-order valence-corrected chi connectivity index (χ0v) is 16.8. The van der Waals surface area contributed by atoms with E-state index in [1.54, 1.807) is 24.4 Å². The van der Waals surface area contributed by atoms with Crippen molar-refractivity contribution in [3.8, 4) is 11.4 Å². The molecule has 1 aliphatic carbocycles. The lowest BCUT2D eigenvalue weighted by Crippen LogP contribution is -2.50. The lowest BCUT2D eigenvalue weighted by molar-refractivity contribution is 0.185. The molecule has 2 fully saturated rings. The summed E-state index contributed by atoms with van der Waals surface area (Å²) in [4.78, 5) is 8.34. The van der Waals surface area contributed by atoms with Crippen LogP contribution >= 0.6 is 0 Å². The Hall–Kier alpha value is -2.66. The summed E-state index contributed by atoms with van der Waals surface area (Å²) in [5, 5.41) is 6.91. The van der Waals surface area contributed by atoms with E-state index in [2.05, 4.69) is 20.4 Å². The van der Waals surface area contributed by atoms with Gasteiger partial charge in [-0.05, 0) is 31.4 Å². The van der Waals surface area contributed by atoms with Gasteiger partial charge in [-0.3, -0.25) is 4.98 Å². The SMILES string of the molecule is O=S(=O)(C1CC1)N1CC[C@@H](Nc2ncc3c(F)cc(-c4ccccn4)n3n2)[C@H](F)C1. The van der Waals surface area contributed by atoms with Crippen LogP contribution in [0.3, 0.4) is 0 Å². The number of fused-ring (bicyclic) bond motifs is 1. The Morgan fingerprint density at radius 2 is 2.00 bits per heavy atom. The van der Waals surface area contributed by atoms with Crippen molar-refractivity contribution < 1.29 is 17.2 Å². The number of aromatic nitrogens is 4. The van der Waals surface area contributed by atoms with Gasteiger partial charge in [0.2, 0.25) is 16.0 Å². The number of hydrogen-bond donors (Lipinski definition) is 1. The molecule has 0 amide bonds. The first-order chi connectivity index (χ1) is 14.4. The van der Waals surface area contributed by atoms with Crippen molar-refractivity contribution in [3.05, 3.63) is 42.5 Å². The summed E-state index contributed by atoms with van der Waals surface area (Å²) < 4.78 is 56.4. The molecular formula is C19H20F2N6O2S. The number of rotatable bonds is 5. The van der Waals surface area contributed by atoms with Gasteiger partial charge in [0.05, 0.1) is 28.9 Å². The van der Waals surface area contributed by atoms with Crippen LogP contribution in [0.25, 0.3) is 16.9 Å². The fourth-order valence-electron chi connectivity index (χ4n) is 3.73. The molecule has 1 N–H and O–H groups in total. The predicted octanol–water partition coefficient (Wildman–Crippen LogP) is 2.25. The number of pyridine rings is 1. The summed E-state index contributed by atoms with van der Waals surface area (Å²) in [5.41, 5.74) is 1.18. The van der Waals surface area contributed by atoms with Crippen molar-refractivity contribution in [2.24, 2.45) is 0 Å². The molecule has 2 atom stereocenters. The fraction of sp³-hybridized carbons (Fsp3) is 0.421. The van der Waals surface area contributed by atoms with Crippen molar-refractivity contribution in [2.45, 2.75) is 36.7 Å². The second-order valence-corrected chi connectivity index (χ2v) is 9.84. The van der Waals surface area contributed by atoms with E-state index in [1.165, 1.54) is 21.1 Å². The maximum Gasteiger partial charge on any atom is 0.241 e. The second-order valence-electron chi connectivity index (χ2n) is 7.63. The normalized spacial score (nSPS) is 23.0. The molecule has 3 aromatic rings. The van der Waals surface area contributed by atoms with Gasteiger partial charge < -0.3 is 5.32 Å². The topological polar surface area (TPSA) is 92.5 Å². The van der Waals surface area contributed by atoms with E-state index in [1.807, 2.05) is 0 Å². The zero-order valence-electron chi connectivity index (χ0n) is 15.9. The molecule has 1 saturated carbocycles. The number of anilines is 1. The minimum atomic E-state index is -3.40. The van der Waals surface area contributed by atoms with E-state index in [0.29, 0.717) is 30.7 Å². The van der Waals surface area contributed by atoms with Gasteiger partial charge in [-0.15, -0.1) is 5.10 Å². The fourth-order valence-corrected chi connectivity index (χ4v) is 5.59. The van der Waals surface area contributed by atoms with E-state index in [9.17, 15) is 17.2 Å². The molecule has 3 aromatic heterocycles. The number of alkyl halides is 1. The third-order valence-corrected chi connectivity index (χ3v) is 7.89. The Kier molecular flexibility index (Phi) is 4.66. The van der Waals surface area contributed by atoms with Gasteiger partial charge in [0, 0.05) is 25.4 Å². The molecule has 2 aliphatic rings. The Morgan fingerprint density at radius 1 is 1.17 bits per heavy atom. The van der Waals surface area contributed by atoms with E-state index < -0.39 is 28.1 Å². The average molecular weight is 434 g/mol. The van der Waals surface area contributed by atoms with Gasteiger partial charge in [-0.25, -0.2) is 26.7 Å². The number of halogens is 2. The molecule has 0 unspecified atom stereocenters. The second kappa shape index (κ2) is 7.24. The maximum absolute atomic E-state index is 14.8. The largest absolute Gasteiger partial charge is 0.347 e. The molecule has 4 heterocycles. The molecular weight excluding hydrogens is 414 g/mol. The molecule has 0 aromatic carbocycles. The van der Waals surface area contributed by atoms with Crippen molar-refractivity contribution in [3.63, 3.8) is 0 Å². The number of nitrogens with zero attached hydrogens (tertiary/aromatic N) is 5. The van der Waals surface area contributed by atoms with E-state index >= 15 is 0 Å². The van der Waals surface area contributed by atoms with Crippen LogP contribution in [0.1, 0.15) is 19.3 Å². The Morgan fingerprint density at radius 3 is 2.70 bits per heavy atom. The first kappa shape index (κ1) is 19.3. The maximum atomic E-state index is 14.8. The smallest absolute Gasteiger partial charge is 0.241 e. The quantitative estimate of drug-likeness (QED) is 0.662.